The molecule has 0 saturated carbocycles. The predicted molar refractivity (Wildman–Crippen MR) is 104 cm³/mol. The van der Waals surface area contributed by atoms with Crippen LogP contribution in [0.4, 0.5) is 10.5 Å². The Kier molecular flexibility index (Phi) is 6.11. The van der Waals surface area contributed by atoms with Crippen molar-refractivity contribution in [1.82, 2.24) is 9.55 Å². The number of carbonyl (C=O) groups excluding carboxylic acids is 2. The van der Waals surface area contributed by atoms with Gasteiger partial charge in [0.2, 0.25) is 0 Å². The lowest BCUT2D eigenvalue weighted by molar-refractivity contribution is -0.125. The van der Waals surface area contributed by atoms with E-state index in [1.165, 1.54) is 17.7 Å². The van der Waals surface area contributed by atoms with E-state index in [9.17, 15) is 14.4 Å². The lowest BCUT2D eigenvalue weighted by atomic mass is 10.0. The molecule has 1 fully saturated rings. The number of Topliss-reactive ketones (excluding diaryl/α,β-unsaturated/α-hetero) is 1. The van der Waals surface area contributed by atoms with Crippen LogP contribution in [0, 0.1) is 12.8 Å². The van der Waals surface area contributed by atoms with Gasteiger partial charge in [-0.2, -0.15) is 0 Å². The fourth-order valence-electron chi connectivity index (χ4n) is 2.92. The van der Waals surface area contributed by atoms with Crippen molar-refractivity contribution in [2.24, 2.45) is 5.92 Å². The highest BCUT2D eigenvalue weighted by Crippen LogP contribution is 2.29. The first kappa shape index (κ1) is 20.0. The Bertz CT molecular complexity index is 969. The predicted octanol–water partition coefficient (Wildman–Crippen LogP) is 2.66. The highest BCUT2D eigenvalue weighted by molar-refractivity contribution is 6.31. The topological polar surface area (TPSA) is 99.5 Å². The van der Waals surface area contributed by atoms with Gasteiger partial charge >= 0.3 is 6.09 Å². The van der Waals surface area contributed by atoms with Crippen LogP contribution >= 0.6 is 11.6 Å². The number of hydrogen-bond donors (Lipinski definition) is 1. The maximum atomic E-state index is 12.6. The van der Waals surface area contributed by atoms with E-state index >= 15 is 0 Å². The second-order valence-corrected chi connectivity index (χ2v) is 7.00. The van der Waals surface area contributed by atoms with Gasteiger partial charge in [-0.3, -0.25) is 19.5 Å². The minimum absolute atomic E-state index is 0.0255. The number of nitrogens with one attached hydrogen (secondary N) is 1. The second-order valence-electron chi connectivity index (χ2n) is 6.57. The van der Waals surface area contributed by atoms with E-state index in [4.69, 9.17) is 16.3 Å². The minimum Gasteiger partial charge on any atom is -0.453 e. The summed E-state index contributed by atoms with van der Waals surface area (Å²) in [7, 11) is 1.25. The maximum absolute atomic E-state index is 12.6. The summed E-state index contributed by atoms with van der Waals surface area (Å²) in [5.41, 5.74) is 0.894. The summed E-state index contributed by atoms with van der Waals surface area (Å²) in [6.07, 6.45) is -0.281. The molecule has 1 saturated heterocycles. The number of ether oxygens (including phenoxy) is 2. The molecule has 148 valence electrons. The first-order chi connectivity index (χ1) is 13.4. The second kappa shape index (κ2) is 8.53. The highest BCUT2D eigenvalue weighted by atomic mass is 35.5. The van der Waals surface area contributed by atoms with Crippen LogP contribution in [-0.4, -0.2) is 41.8 Å². The average molecular weight is 406 g/mol. The van der Waals surface area contributed by atoms with Crippen LogP contribution in [0.5, 0.6) is 0 Å². The molecule has 0 atom stereocenters. The molecule has 1 aromatic heterocycles. The molecule has 1 aliphatic heterocycles. The lowest BCUT2D eigenvalue weighted by Crippen LogP contribution is -2.33. The number of anilines is 1. The van der Waals surface area contributed by atoms with Crippen molar-refractivity contribution in [3.05, 3.63) is 45.5 Å². The molecule has 0 bridgehead atoms. The molecule has 1 N–H and O–H groups in total. The molecule has 2 heterocycles. The number of hydrogen-bond acceptors (Lipinski definition) is 6. The highest BCUT2D eigenvalue weighted by Gasteiger charge is 2.22. The molecule has 2 aromatic rings. The monoisotopic (exact) mass is 405 g/mol. The van der Waals surface area contributed by atoms with Gasteiger partial charge in [0, 0.05) is 29.0 Å². The molecule has 0 unspecified atom stereocenters. The van der Waals surface area contributed by atoms with Crippen LogP contribution in [0.2, 0.25) is 5.02 Å². The summed E-state index contributed by atoms with van der Waals surface area (Å²) in [5.74, 6) is 0.601. The van der Waals surface area contributed by atoms with E-state index in [0.29, 0.717) is 47.4 Å². The number of halogens is 1. The Hall–Kier alpha value is -2.71. The van der Waals surface area contributed by atoms with Crippen LogP contribution < -0.4 is 10.9 Å². The fraction of sp³-hybridized carbons (Fsp3) is 0.368. The van der Waals surface area contributed by atoms with E-state index in [1.807, 2.05) is 0 Å². The lowest BCUT2D eigenvalue weighted by Gasteiger charge is -2.25. The van der Waals surface area contributed by atoms with Crippen LogP contribution in [0.25, 0.3) is 11.3 Å². The van der Waals surface area contributed by atoms with Crippen molar-refractivity contribution in [2.75, 3.05) is 25.6 Å². The minimum atomic E-state index is -0.667. The number of aryl methyl sites for hydroxylation is 1. The normalized spacial score (nSPS) is 13.7. The number of benzene rings is 1. The van der Waals surface area contributed by atoms with Crippen LogP contribution in [0.1, 0.15) is 12.2 Å². The molecule has 0 spiro atoms. The summed E-state index contributed by atoms with van der Waals surface area (Å²) in [5, 5.41) is 2.97. The van der Waals surface area contributed by atoms with Crippen LogP contribution in [0.15, 0.2) is 29.1 Å². The number of carbonyl (C=O) groups is 2. The van der Waals surface area contributed by atoms with Gasteiger partial charge in [-0.05, 0) is 25.1 Å². The van der Waals surface area contributed by atoms with Crippen molar-refractivity contribution < 1.29 is 19.1 Å². The molecule has 9 heteroatoms. The van der Waals surface area contributed by atoms with Crippen molar-refractivity contribution in [3.8, 4) is 11.3 Å². The number of nitrogens with zero attached hydrogens (tertiary/aromatic N) is 2. The van der Waals surface area contributed by atoms with E-state index in [1.54, 1.807) is 25.1 Å². The van der Waals surface area contributed by atoms with Crippen molar-refractivity contribution in [1.29, 1.82) is 0 Å². The summed E-state index contributed by atoms with van der Waals surface area (Å²) >= 11 is 6.01. The van der Waals surface area contributed by atoms with Gasteiger partial charge in [-0.1, -0.05) is 11.6 Å². The Balaban J connectivity index is 1.89. The van der Waals surface area contributed by atoms with E-state index in [0.717, 1.165) is 0 Å². The smallest absolute Gasteiger partial charge is 0.411 e. The number of aromatic nitrogens is 2. The van der Waals surface area contributed by atoms with E-state index < -0.39 is 6.09 Å². The van der Waals surface area contributed by atoms with Gasteiger partial charge in [0.15, 0.2) is 5.78 Å². The number of methoxy groups -OCH3 is 1. The number of amides is 1. The van der Waals surface area contributed by atoms with Gasteiger partial charge in [-0.25, -0.2) is 9.78 Å². The molecule has 3 rings (SSSR count). The Labute approximate surface area is 166 Å². The van der Waals surface area contributed by atoms with Crippen molar-refractivity contribution in [2.45, 2.75) is 19.9 Å². The number of rotatable bonds is 6. The molecular weight excluding hydrogens is 386 g/mol. The van der Waals surface area contributed by atoms with Crippen LogP contribution in [0.3, 0.4) is 0 Å². The zero-order valence-electron chi connectivity index (χ0n) is 15.5. The van der Waals surface area contributed by atoms with Crippen LogP contribution in [-0.2, 0) is 20.8 Å². The quantitative estimate of drug-likeness (QED) is 0.793. The summed E-state index contributed by atoms with van der Waals surface area (Å²) in [4.78, 5) is 40.8. The first-order valence-corrected chi connectivity index (χ1v) is 9.08. The molecule has 8 nitrogen and oxygen atoms in total. The maximum Gasteiger partial charge on any atom is 0.411 e. The summed E-state index contributed by atoms with van der Waals surface area (Å²) in [6, 6.07) is 6.16. The standard InChI is InChI=1S/C19H20ClN3O5/c1-11-21-17(15-4-3-13(20)6-16(15)22-19(26)27-2)7-18(25)23(11)8-14(24)5-12-9-28-10-12/h3-4,6-7,12H,5,8-10H2,1-2H3,(H,22,26). The van der Waals surface area contributed by atoms with Gasteiger partial charge < -0.3 is 9.47 Å². The van der Waals surface area contributed by atoms with Crippen molar-refractivity contribution in [3.63, 3.8) is 0 Å². The Morgan fingerprint density at radius 3 is 2.71 bits per heavy atom. The molecule has 1 amide bonds. The van der Waals surface area contributed by atoms with E-state index in [2.05, 4.69) is 15.0 Å². The zero-order chi connectivity index (χ0) is 20.3. The first-order valence-electron chi connectivity index (χ1n) is 8.70. The third-order valence-electron chi connectivity index (χ3n) is 4.44. The molecule has 0 aliphatic carbocycles. The van der Waals surface area contributed by atoms with Gasteiger partial charge in [0.1, 0.15) is 5.82 Å². The summed E-state index contributed by atoms with van der Waals surface area (Å²) in [6.45, 7) is 2.81. The Morgan fingerprint density at radius 1 is 1.36 bits per heavy atom. The molecule has 0 radical (unpaired) electrons. The summed E-state index contributed by atoms with van der Waals surface area (Å²) < 4.78 is 11.0. The van der Waals surface area contributed by atoms with Gasteiger partial charge in [0.05, 0.1) is 38.2 Å². The third-order valence-corrected chi connectivity index (χ3v) is 4.67. The molecule has 1 aromatic carbocycles. The number of ketones is 1. The molecule has 1 aliphatic rings. The molecular formula is C19H20ClN3O5. The third kappa shape index (κ3) is 4.58. The molecule has 28 heavy (non-hydrogen) atoms. The fourth-order valence-corrected chi connectivity index (χ4v) is 3.09. The van der Waals surface area contributed by atoms with Gasteiger partial charge in [0.25, 0.3) is 5.56 Å². The Morgan fingerprint density at radius 2 is 2.11 bits per heavy atom. The van der Waals surface area contributed by atoms with E-state index in [-0.39, 0.29) is 23.8 Å². The zero-order valence-corrected chi connectivity index (χ0v) is 16.3. The average Bonchev–Trinajstić information content (AvgIpc) is 2.61. The SMILES string of the molecule is COC(=O)Nc1cc(Cl)ccc1-c1cc(=O)n(CC(=O)CC2COC2)c(C)n1. The van der Waals surface area contributed by atoms with Crippen molar-refractivity contribution >= 4 is 29.2 Å². The largest absolute Gasteiger partial charge is 0.453 e. The van der Waals surface area contributed by atoms with Gasteiger partial charge in [-0.15, -0.1) is 0 Å².